The molecule has 2 rings (SSSR count). The van der Waals surface area contributed by atoms with E-state index in [1.807, 2.05) is 0 Å². The molecule has 2 N–H and O–H groups in total. The molecule has 0 radical (unpaired) electrons. The molecule has 5 nitrogen and oxygen atoms in total. The van der Waals surface area contributed by atoms with Crippen LogP contribution in [0, 0.1) is 5.82 Å². The number of carboxylic acids is 1. The zero-order chi connectivity index (χ0) is 15.2. The second-order valence-corrected chi connectivity index (χ2v) is 4.11. The number of carbonyl (C=O) groups is 2. The first-order valence-corrected chi connectivity index (χ1v) is 5.98. The van der Waals surface area contributed by atoms with Crippen molar-refractivity contribution in [3.05, 3.63) is 65.7 Å². The fourth-order valence-corrected chi connectivity index (χ4v) is 1.60. The summed E-state index contributed by atoms with van der Waals surface area (Å²) in [5, 5.41) is 11.0. The Hall–Kier alpha value is -3.02. The summed E-state index contributed by atoms with van der Waals surface area (Å²) in [6.45, 7) is 0. The number of halogens is 1. The van der Waals surface area contributed by atoms with E-state index < -0.39 is 17.7 Å². The van der Waals surface area contributed by atoms with Gasteiger partial charge in [0.2, 0.25) is 0 Å². The lowest BCUT2D eigenvalue weighted by atomic mass is 10.2. The number of para-hydroxylation sites is 1. The van der Waals surface area contributed by atoms with Crippen molar-refractivity contribution in [3.63, 3.8) is 0 Å². The van der Waals surface area contributed by atoms with Crippen molar-refractivity contribution in [1.82, 2.24) is 4.98 Å². The average Bonchev–Trinajstić information content (AvgIpc) is 2.48. The van der Waals surface area contributed by atoms with Gasteiger partial charge >= 0.3 is 5.97 Å². The van der Waals surface area contributed by atoms with Crippen LogP contribution < -0.4 is 5.32 Å². The van der Waals surface area contributed by atoms with Gasteiger partial charge in [0.05, 0.1) is 11.3 Å². The number of hydrogen-bond acceptors (Lipinski definition) is 3. The lowest BCUT2D eigenvalue weighted by molar-refractivity contribution is -0.131. The van der Waals surface area contributed by atoms with Gasteiger partial charge in [-0.2, -0.15) is 0 Å². The van der Waals surface area contributed by atoms with Gasteiger partial charge in [-0.05, 0) is 29.8 Å². The molecule has 2 aromatic rings. The summed E-state index contributed by atoms with van der Waals surface area (Å²) in [6, 6.07) is 7.25. The molecule has 0 unspecified atom stereocenters. The van der Waals surface area contributed by atoms with E-state index in [1.54, 1.807) is 6.07 Å². The molecule has 0 fully saturated rings. The Morgan fingerprint density at radius 2 is 2.00 bits per heavy atom. The summed E-state index contributed by atoms with van der Waals surface area (Å²) in [7, 11) is 0. The third kappa shape index (κ3) is 3.97. The molecular formula is C15H11FN2O3. The Labute approximate surface area is 119 Å². The minimum Gasteiger partial charge on any atom is -0.478 e. The lowest BCUT2D eigenvalue weighted by Crippen LogP contribution is -2.13. The minimum absolute atomic E-state index is 0.0639. The van der Waals surface area contributed by atoms with E-state index in [2.05, 4.69) is 10.3 Å². The number of rotatable bonds is 4. The molecule has 21 heavy (non-hydrogen) atoms. The molecule has 6 heteroatoms. The van der Waals surface area contributed by atoms with Crippen molar-refractivity contribution < 1.29 is 19.1 Å². The van der Waals surface area contributed by atoms with Crippen LogP contribution in [0.15, 0.2) is 48.8 Å². The van der Waals surface area contributed by atoms with Gasteiger partial charge < -0.3 is 10.4 Å². The monoisotopic (exact) mass is 286 g/mol. The van der Waals surface area contributed by atoms with Gasteiger partial charge in [-0.25, -0.2) is 9.18 Å². The normalized spacial score (nSPS) is 10.5. The predicted octanol–water partition coefficient (Wildman–Crippen LogP) is 2.57. The minimum atomic E-state index is -1.10. The number of amides is 1. The highest BCUT2D eigenvalue weighted by Crippen LogP contribution is 2.14. The highest BCUT2D eigenvalue weighted by Gasteiger charge is 2.09. The fourth-order valence-electron chi connectivity index (χ4n) is 1.60. The standard InChI is InChI=1S/C15H11FN2O3/c16-12-3-1-2-4-13(12)18-15(21)11-7-10(8-17-9-11)5-6-14(19)20/h1-9H,(H,18,21)(H,19,20). The summed E-state index contributed by atoms with van der Waals surface area (Å²) in [5.41, 5.74) is 0.721. The molecule has 0 saturated heterocycles. The maximum absolute atomic E-state index is 13.4. The number of pyridine rings is 1. The molecule has 106 valence electrons. The number of nitrogens with zero attached hydrogens (tertiary/aromatic N) is 1. The lowest BCUT2D eigenvalue weighted by Gasteiger charge is -2.06. The maximum Gasteiger partial charge on any atom is 0.328 e. The Morgan fingerprint density at radius 1 is 1.24 bits per heavy atom. The summed E-state index contributed by atoms with van der Waals surface area (Å²) < 4.78 is 13.4. The van der Waals surface area contributed by atoms with Crippen molar-refractivity contribution >= 4 is 23.6 Å². The number of hydrogen-bond donors (Lipinski definition) is 2. The number of aliphatic carboxylic acids is 1. The SMILES string of the molecule is O=C(O)C=Cc1cncc(C(=O)Nc2ccccc2F)c1. The quantitative estimate of drug-likeness (QED) is 0.847. The van der Waals surface area contributed by atoms with Gasteiger partial charge in [-0.1, -0.05) is 12.1 Å². The summed E-state index contributed by atoms with van der Waals surface area (Å²) in [6.07, 6.45) is 4.98. The summed E-state index contributed by atoms with van der Waals surface area (Å²) in [4.78, 5) is 26.3. The largest absolute Gasteiger partial charge is 0.478 e. The molecule has 0 atom stereocenters. The van der Waals surface area contributed by atoms with Gasteiger partial charge in [0.15, 0.2) is 0 Å². The topological polar surface area (TPSA) is 79.3 Å². The van der Waals surface area contributed by atoms with Gasteiger partial charge in [-0.15, -0.1) is 0 Å². The first kappa shape index (κ1) is 14.4. The van der Waals surface area contributed by atoms with E-state index in [9.17, 15) is 14.0 Å². The highest BCUT2D eigenvalue weighted by atomic mass is 19.1. The van der Waals surface area contributed by atoms with Crippen LogP contribution in [0.4, 0.5) is 10.1 Å². The van der Waals surface area contributed by atoms with E-state index >= 15 is 0 Å². The Morgan fingerprint density at radius 3 is 2.71 bits per heavy atom. The van der Waals surface area contributed by atoms with Gasteiger partial charge in [0.1, 0.15) is 5.82 Å². The van der Waals surface area contributed by atoms with E-state index in [0.717, 1.165) is 6.08 Å². The number of anilines is 1. The third-order valence-electron chi connectivity index (χ3n) is 2.56. The van der Waals surface area contributed by atoms with Gasteiger partial charge in [0, 0.05) is 18.5 Å². The third-order valence-corrected chi connectivity index (χ3v) is 2.56. The fraction of sp³-hybridized carbons (Fsp3) is 0. The van der Waals surface area contributed by atoms with Gasteiger partial charge in [-0.3, -0.25) is 9.78 Å². The predicted molar refractivity (Wildman–Crippen MR) is 75.3 cm³/mol. The van der Waals surface area contributed by atoms with Crippen molar-refractivity contribution in [1.29, 1.82) is 0 Å². The van der Waals surface area contributed by atoms with Crippen LogP contribution in [0.1, 0.15) is 15.9 Å². The molecule has 0 aliphatic carbocycles. The highest BCUT2D eigenvalue weighted by molar-refractivity contribution is 6.04. The van der Waals surface area contributed by atoms with Crippen molar-refractivity contribution in [2.75, 3.05) is 5.32 Å². The van der Waals surface area contributed by atoms with E-state index in [0.29, 0.717) is 5.56 Å². The van der Waals surface area contributed by atoms with E-state index in [1.165, 1.54) is 42.7 Å². The molecule has 0 saturated carbocycles. The molecule has 1 amide bonds. The second kappa shape index (κ2) is 6.42. The molecule has 0 aliphatic heterocycles. The first-order chi connectivity index (χ1) is 10.1. The number of carbonyl (C=O) groups excluding carboxylic acids is 1. The van der Waals surface area contributed by atoms with Crippen LogP contribution in [0.25, 0.3) is 6.08 Å². The Kier molecular flexibility index (Phi) is 4.40. The molecule has 0 aliphatic rings. The van der Waals surface area contributed by atoms with E-state index in [-0.39, 0.29) is 11.3 Å². The van der Waals surface area contributed by atoms with Crippen LogP contribution in [-0.4, -0.2) is 22.0 Å². The molecule has 1 aromatic carbocycles. The Balaban J connectivity index is 2.18. The zero-order valence-corrected chi connectivity index (χ0v) is 10.8. The van der Waals surface area contributed by atoms with Crippen LogP contribution >= 0.6 is 0 Å². The number of nitrogens with one attached hydrogen (secondary N) is 1. The molecule has 0 bridgehead atoms. The van der Waals surface area contributed by atoms with Crippen LogP contribution in [0.5, 0.6) is 0 Å². The second-order valence-electron chi connectivity index (χ2n) is 4.11. The molecule has 0 spiro atoms. The molecule has 1 heterocycles. The van der Waals surface area contributed by atoms with Crippen molar-refractivity contribution in [3.8, 4) is 0 Å². The van der Waals surface area contributed by atoms with Crippen molar-refractivity contribution in [2.45, 2.75) is 0 Å². The smallest absolute Gasteiger partial charge is 0.328 e. The summed E-state index contributed by atoms with van der Waals surface area (Å²) >= 11 is 0. The number of aromatic nitrogens is 1. The average molecular weight is 286 g/mol. The maximum atomic E-state index is 13.4. The van der Waals surface area contributed by atoms with Crippen molar-refractivity contribution in [2.24, 2.45) is 0 Å². The Bertz CT molecular complexity index is 714. The summed E-state index contributed by atoms with van der Waals surface area (Å²) in [5.74, 6) is -2.17. The van der Waals surface area contributed by atoms with Crippen LogP contribution in [-0.2, 0) is 4.79 Å². The van der Waals surface area contributed by atoms with Crippen LogP contribution in [0.2, 0.25) is 0 Å². The molecule has 1 aromatic heterocycles. The number of benzene rings is 1. The number of carboxylic acid groups (broad SMARTS) is 1. The van der Waals surface area contributed by atoms with Crippen LogP contribution in [0.3, 0.4) is 0 Å². The van der Waals surface area contributed by atoms with Gasteiger partial charge in [0.25, 0.3) is 5.91 Å². The first-order valence-electron chi connectivity index (χ1n) is 5.98. The zero-order valence-electron chi connectivity index (χ0n) is 10.8. The molecular weight excluding hydrogens is 275 g/mol. The van der Waals surface area contributed by atoms with E-state index in [4.69, 9.17) is 5.11 Å².